The van der Waals surface area contributed by atoms with E-state index in [4.69, 9.17) is 11.6 Å². The van der Waals surface area contributed by atoms with Gasteiger partial charge in [-0.05, 0) is 40.3 Å². The molecule has 0 aromatic carbocycles. The van der Waals surface area contributed by atoms with Gasteiger partial charge < -0.3 is 5.32 Å². The molecule has 0 saturated heterocycles. The third-order valence-corrected chi connectivity index (χ3v) is 5.58. The molecule has 15 heavy (non-hydrogen) atoms. The molecule has 2 rings (SSSR count). The van der Waals surface area contributed by atoms with Gasteiger partial charge in [-0.3, -0.25) is 0 Å². The average molecular weight is 309 g/mol. The third-order valence-electron chi connectivity index (χ3n) is 3.11. The monoisotopic (exact) mass is 307 g/mol. The van der Waals surface area contributed by atoms with Crippen molar-refractivity contribution in [2.45, 2.75) is 32.7 Å². The van der Waals surface area contributed by atoms with Gasteiger partial charge in [0.15, 0.2) is 0 Å². The van der Waals surface area contributed by atoms with Crippen LogP contribution in [-0.2, 0) is 6.54 Å². The molecule has 1 fully saturated rings. The largest absolute Gasteiger partial charge is 0.311 e. The Labute approximate surface area is 108 Å². The minimum Gasteiger partial charge on any atom is -0.311 e. The quantitative estimate of drug-likeness (QED) is 0.867. The second-order valence-electron chi connectivity index (χ2n) is 4.60. The molecule has 0 atom stereocenters. The van der Waals surface area contributed by atoms with Gasteiger partial charge in [0.1, 0.15) is 4.34 Å². The van der Waals surface area contributed by atoms with Crippen molar-refractivity contribution in [3.8, 4) is 0 Å². The van der Waals surface area contributed by atoms with Crippen molar-refractivity contribution in [1.29, 1.82) is 0 Å². The summed E-state index contributed by atoms with van der Waals surface area (Å²) >= 11 is 11.1. The topological polar surface area (TPSA) is 12.0 Å². The molecule has 4 heteroatoms. The average Bonchev–Trinajstić information content (AvgIpc) is 2.43. The summed E-state index contributed by atoms with van der Waals surface area (Å²) < 4.78 is 1.86. The molecule has 1 aromatic rings. The van der Waals surface area contributed by atoms with Crippen molar-refractivity contribution in [2.24, 2.45) is 5.41 Å². The summed E-state index contributed by atoms with van der Waals surface area (Å²) in [7, 11) is 0. The highest BCUT2D eigenvalue weighted by molar-refractivity contribution is 9.10. The van der Waals surface area contributed by atoms with Crippen molar-refractivity contribution >= 4 is 38.9 Å². The molecule has 1 heterocycles. The fourth-order valence-corrected chi connectivity index (χ4v) is 3.68. The van der Waals surface area contributed by atoms with Crippen molar-refractivity contribution in [2.75, 3.05) is 6.54 Å². The van der Waals surface area contributed by atoms with Gasteiger partial charge in [0, 0.05) is 22.4 Å². The molecule has 0 amide bonds. The lowest BCUT2D eigenvalue weighted by Crippen LogP contribution is -2.36. The maximum Gasteiger partial charge on any atom is 0.107 e. The molecule has 84 valence electrons. The molecule has 1 saturated carbocycles. The van der Waals surface area contributed by atoms with Crippen LogP contribution >= 0.6 is 38.9 Å². The zero-order valence-electron chi connectivity index (χ0n) is 8.78. The summed E-state index contributed by atoms with van der Waals surface area (Å²) in [6.45, 7) is 4.42. The Balaban J connectivity index is 1.78. The number of hydrogen-bond acceptors (Lipinski definition) is 2. The number of halogens is 2. The molecular weight excluding hydrogens is 294 g/mol. The Morgan fingerprint density at radius 1 is 1.60 bits per heavy atom. The summed E-state index contributed by atoms with van der Waals surface area (Å²) in [6.07, 6.45) is 4.14. The summed E-state index contributed by atoms with van der Waals surface area (Å²) in [6, 6.07) is 2.10. The molecule has 0 unspecified atom stereocenters. The van der Waals surface area contributed by atoms with Gasteiger partial charge in [0.2, 0.25) is 0 Å². The smallest absolute Gasteiger partial charge is 0.107 e. The van der Waals surface area contributed by atoms with Gasteiger partial charge in [-0.2, -0.15) is 0 Å². The van der Waals surface area contributed by atoms with Crippen molar-refractivity contribution < 1.29 is 0 Å². The van der Waals surface area contributed by atoms with E-state index in [1.807, 2.05) is 0 Å². The van der Waals surface area contributed by atoms with E-state index in [2.05, 4.69) is 34.2 Å². The van der Waals surface area contributed by atoms with Crippen LogP contribution in [0.15, 0.2) is 10.5 Å². The van der Waals surface area contributed by atoms with E-state index < -0.39 is 0 Å². The van der Waals surface area contributed by atoms with Crippen LogP contribution in [0.25, 0.3) is 0 Å². The minimum absolute atomic E-state index is 0.554. The van der Waals surface area contributed by atoms with Crippen LogP contribution in [0.4, 0.5) is 0 Å². The summed E-state index contributed by atoms with van der Waals surface area (Å²) in [4.78, 5) is 1.30. The molecule has 0 spiro atoms. The lowest BCUT2D eigenvalue weighted by Gasteiger charge is -2.38. The second kappa shape index (κ2) is 4.74. The Morgan fingerprint density at radius 3 is 2.80 bits per heavy atom. The number of rotatable bonds is 4. The zero-order chi connectivity index (χ0) is 10.9. The predicted molar refractivity (Wildman–Crippen MR) is 70.7 cm³/mol. The normalized spacial score (nSPS) is 18.9. The van der Waals surface area contributed by atoms with Crippen LogP contribution in [0.5, 0.6) is 0 Å². The highest BCUT2D eigenvalue weighted by atomic mass is 79.9. The SMILES string of the molecule is CC1(CNCc2cc(Br)c(Cl)s2)CCC1. The standard InChI is InChI=1S/C11H15BrClNS/c1-11(3-2-4-11)7-14-6-8-5-9(12)10(13)15-8/h5,14H,2-4,6-7H2,1H3. The Hall–Kier alpha value is 0.430. The molecule has 1 aromatic heterocycles. The van der Waals surface area contributed by atoms with Crippen LogP contribution < -0.4 is 5.32 Å². The molecular formula is C11H15BrClNS. The van der Waals surface area contributed by atoms with E-state index in [9.17, 15) is 0 Å². The lowest BCUT2D eigenvalue weighted by molar-refractivity contribution is 0.156. The first-order chi connectivity index (χ1) is 7.09. The van der Waals surface area contributed by atoms with Gasteiger partial charge in [0.25, 0.3) is 0 Å². The number of nitrogens with one attached hydrogen (secondary N) is 1. The maximum atomic E-state index is 5.98. The van der Waals surface area contributed by atoms with Crippen molar-refractivity contribution in [3.63, 3.8) is 0 Å². The predicted octanol–water partition coefficient (Wildman–Crippen LogP) is 4.44. The third kappa shape index (κ3) is 2.96. The number of hydrogen-bond donors (Lipinski definition) is 1. The highest BCUT2D eigenvalue weighted by Gasteiger charge is 2.30. The molecule has 1 aliphatic carbocycles. The summed E-state index contributed by atoms with van der Waals surface area (Å²) in [5.74, 6) is 0. The number of thiophene rings is 1. The van der Waals surface area contributed by atoms with E-state index in [0.717, 1.165) is 21.9 Å². The van der Waals surface area contributed by atoms with Crippen LogP contribution in [-0.4, -0.2) is 6.54 Å². The Bertz CT molecular complexity index is 327. The first-order valence-corrected chi connectivity index (χ1v) is 7.22. The molecule has 0 radical (unpaired) electrons. The van der Waals surface area contributed by atoms with Crippen LogP contribution in [0, 0.1) is 5.41 Å². The zero-order valence-corrected chi connectivity index (χ0v) is 11.9. The molecule has 0 aliphatic heterocycles. The molecule has 1 nitrogen and oxygen atoms in total. The maximum absolute atomic E-state index is 5.98. The Morgan fingerprint density at radius 2 is 2.33 bits per heavy atom. The van der Waals surface area contributed by atoms with Gasteiger partial charge in [-0.15, -0.1) is 11.3 Å². The van der Waals surface area contributed by atoms with E-state index in [0.29, 0.717) is 5.41 Å². The highest BCUT2D eigenvalue weighted by Crippen LogP contribution is 2.39. The molecule has 0 bridgehead atoms. The first-order valence-electron chi connectivity index (χ1n) is 5.23. The first kappa shape index (κ1) is 11.9. The van der Waals surface area contributed by atoms with E-state index >= 15 is 0 Å². The van der Waals surface area contributed by atoms with Crippen LogP contribution in [0.1, 0.15) is 31.1 Å². The summed E-state index contributed by atoms with van der Waals surface area (Å²) in [5, 5.41) is 3.52. The van der Waals surface area contributed by atoms with E-state index in [1.54, 1.807) is 11.3 Å². The fourth-order valence-electron chi connectivity index (χ4n) is 1.92. The van der Waals surface area contributed by atoms with Gasteiger partial charge in [-0.1, -0.05) is 24.9 Å². The van der Waals surface area contributed by atoms with Crippen LogP contribution in [0.3, 0.4) is 0 Å². The van der Waals surface area contributed by atoms with Gasteiger partial charge in [-0.25, -0.2) is 0 Å². The lowest BCUT2D eigenvalue weighted by atomic mass is 9.70. The van der Waals surface area contributed by atoms with Gasteiger partial charge in [0.05, 0.1) is 0 Å². The summed E-state index contributed by atoms with van der Waals surface area (Å²) in [5.41, 5.74) is 0.554. The van der Waals surface area contributed by atoms with E-state index in [1.165, 1.54) is 24.1 Å². The molecule has 1 N–H and O–H groups in total. The second-order valence-corrected chi connectivity index (χ2v) is 7.20. The van der Waals surface area contributed by atoms with Crippen molar-refractivity contribution in [1.82, 2.24) is 5.32 Å². The van der Waals surface area contributed by atoms with Gasteiger partial charge >= 0.3 is 0 Å². The van der Waals surface area contributed by atoms with Crippen LogP contribution in [0.2, 0.25) is 4.34 Å². The Kier molecular flexibility index (Phi) is 3.76. The minimum atomic E-state index is 0.554. The van der Waals surface area contributed by atoms with Crippen molar-refractivity contribution in [3.05, 3.63) is 19.8 Å². The molecule has 1 aliphatic rings. The van der Waals surface area contributed by atoms with E-state index in [-0.39, 0.29) is 0 Å². The fraction of sp³-hybridized carbons (Fsp3) is 0.636.